The smallest absolute Gasteiger partial charge is 0.268 e. The van der Waals surface area contributed by atoms with Gasteiger partial charge in [-0.1, -0.05) is 85.8 Å². The topological polar surface area (TPSA) is 37.3 Å². The van der Waals surface area contributed by atoms with Gasteiger partial charge in [-0.15, -0.1) is 0 Å². The molecule has 0 bridgehead atoms. The van der Waals surface area contributed by atoms with Crippen LogP contribution >= 0.6 is 0 Å². The second-order valence-electron chi connectivity index (χ2n) is 10.2. The number of amides is 1. The molecular formula is C33H39N3O. The Morgan fingerprint density at radius 3 is 2.05 bits per heavy atom. The number of nitrogens with one attached hydrogen (secondary N) is 1. The standard InChI is InChI=1S/C33H39N3O/c1-2-21-34-33(37)32-31(30(26-15-5-3-6-16-26)27-17-7-4-8-18-27)28-19-9-10-20-29(28)36(32)25-14-13-24-35-22-11-12-23-35/h3-10,15-20,30H,2,11-14,21-25H2,1H3,(H,34,37). The summed E-state index contributed by atoms with van der Waals surface area (Å²) in [7, 11) is 0. The number of rotatable bonds is 11. The molecule has 5 rings (SSSR count). The zero-order valence-electron chi connectivity index (χ0n) is 22.0. The van der Waals surface area contributed by atoms with Crippen LogP contribution in [-0.4, -0.2) is 41.6 Å². The lowest BCUT2D eigenvalue weighted by Gasteiger charge is -2.21. The summed E-state index contributed by atoms with van der Waals surface area (Å²) in [5, 5.41) is 4.38. The minimum absolute atomic E-state index is 0.0273. The number of para-hydroxylation sites is 1. The first-order valence-electron chi connectivity index (χ1n) is 14.0. The fourth-order valence-electron chi connectivity index (χ4n) is 5.85. The van der Waals surface area contributed by atoms with E-state index >= 15 is 0 Å². The van der Waals surface area contributed by atoms with Gasteiger partial charge in [-0.2, -0.15) is 0 Å². The van der Waals surface area contributed by atoms with Crippen LogP contribution in [0.3, 0.4) is 0 Å². The predicted octanol–water partition coefficient (Wildman–Crippen LogP) is 6.84. The van der Waals surface area contributed by atoms with E-state index in [1.165, 1.54) is 42.4 Å². The van der Waals surface area contributed by atoms with Crippen LogP contribution in [-0.2, 0) is 6.54 Å². The Kier molecular flexibility index (Phi) is 8.37. The molecule has 4 nitrogen and oxygen atoms in total. The molecule has 1 aliphatic heterocycles. The summed E-state index contributed by atoms with van der Waals surface area (Å²) in [5.41, 5.74) is 5.48. The summed E-state index contributed by atoms with van der Waals surface area (Å²) in [6.45, 7) is 7.25. The van der Waals surface area contributed by atoms with Crippen molar-refractivity contribution in [3.63, 3.8) is 0 Å². The Balaban J connectivity index is 1.62. The summed E-state index contributed by atoms with van der Waals surface area (Å²) in [4.78, 5) is 16.5. The first-order chi connectivity index (χ1) is 18.3. The van der Waals surface area contributed by atoms with Gasteiger partial charge in [-0.3, -0.25) is 4.79 Å². The van der Waals surface area contributed by atoms with E-state index in [9.17, 15) is 4.79 Å². The first-order valence-corrected chi connectivity index (χ1v) is 14.0. The molecule has 0 saturated carbocycles. The van der Waals surface area contributed by atoms with Gasteiger partial charge < -0.3 is 14.8 Å². The van der Waals surface area contributed by atoms with Crippen LogP contribution in [0.4, 0.5) is 0 Å². The average molecular weight is 494 g/mol. The Labute approximate surface area is 221 Å². The summed E-state index contributed by atoms with van der Waals surface area (Å²) >= 11 is 0. The Morgan fingerprint density at radius 1 is 0.811 bits per heavy atom. The summed E-state index contributed by atoms with van der Waals surface area (Å²) in [6.07, 6.45) is 5.78. The van der Waals surface area contributed by atoms with Crippen LogP contribution in [0.2, 0.25) is 0 Å². The molecule has 4 heteroatoms. The zero-order valence-corrected chi connectivity index (χ0v) is 22.0. The maximum atomic E-state index is 13.9. The van der Waals surface area contributed by atoms with Crippen molar-refractivity contribution in [1.82, 2.24) is 14.8 Å². The van der Waals surface area contributed by atoms with Crippen LogP contribution in [0, 0.1) is 0 Å². The molecule has 0 spiro atoms. The van der Waals surface area contributed by atoms with Crippen molar-refractivity contribution in [2.45, 2.75) is 51.5 Å². The summed E-state index contributed by atoms with van der Waals surface area (Å²) < 4.78 is 2.30. The SMILES string of the molecule is CCCNC(=O)c1c(C(c2ccccc2)c2ccccc2)c2ccccc2n1CCCCN1CCCC1. The zero-order chi connectivity index (χ0) is 25.5. The molecule has 1 fully saturated rings. The highest BCUT2D eigenvalue weighted by molar-refractivity contribution is 6.02. The molecule has 0 atom stereocenters. The Hall–Kier alpha value is -3.37. The Morgan fingerprint density at radius 2 is 1.41 bits per heavy atom. The van der Waals surface area contributed by atoms with E-state index in [1.807, 2.05) is 0 Å². The van der Waals surface area contributed by atoms with Crippen molar-refractivity contribution < 1.29 is 4.79 Å². The first kappa shape index (κ1) is 25.3. The Bertz CT molecular complexity index is 1250. The summed E-state index contributed by atoms with van der Waals surface area (Å²) in [5.74, 6) is 0.00461. The van der Waals surface area contributed by atoms with Crippen LogP contribution in [0.15, 0.2) is 84.9 Å². The number of hydrogen-bond acceptors (Lipinski definition) is 2. The lowest BCUT2D eigenvalue weighted by Crippen LogP contribution is -2.28. The number of unbranched alkanes of at least 4 members (excludes halogenated alkanes) is 1. The number of aryl methyl sites for hydroxylation is 1. The number of benzene rings is 3. The van der Waals surface area contributed by atoms with Gasteiger partial charge in [0.15, 0.2) is 0 Å². The average Bonchev–Trinajstić information content (AvgIpc) is 3.58. The van der Waals surface area contributed by atoms with Crippen LogP contribution < -0.4 is 5.32 Å². The van der Waals surface area contributed by atoms with Crippen LogP contribution in [0.5, 0.6) is 0 Å². The minimum Gasteiger partial charge on any atom is -0.351 e. The number of aromatic nitrogens is 1. The number of carbonyl (C=O) groups excluding carboxylic acids is 1. The molecule has 0 unspecified atom stereocenters. The highest BCUT2D eigenvalue weighted by Crippen LogP contribution is 2.40. The molecule has 192 valence electrons. The molecule has 1 aliphatic rings. The molecule has 4 aromatic rings. The van der Waals surface area contributed by atoms with Gasteiger partial charge >= 0.3 is 0 Å². The van der Waals surface area contributed by atoms with Gasteiger partial charge in [0, 0.05) is 35.5 Å². The van der Waals surface area contributed by atoms with Crippen molar-refractivity contribution in [2.75, 3.05) is 26.2 Å². The molecule has 2 heterocycles. The van der Waals surface area contributed by atoms with Gasteiger partial charge in [-0.25, -0.2) is 0 Å². The minimum atomic E-state index is -0.0273. The third-order valence-corrected chi connectivity index (χ3v) is 7.62. The van der Waals surface area contributed by atoms with Crippen molar-refractivity contribution >= 4 is 16.8 Å². The van der Waals surface area contributed by atoms with Crippen LogP contribution in [0.1, 0.15) is 72.1 Å². The largest absolute Gasteiger partial charge is 0.351 e. The second-order valence-corrected chi connectivity index (χ2v) is 10.2. The number of nitrogens with zero attached hydrogens (tertiary/aromatic N) is 2. The highest BCUT2D eigenvalue weighted by Gasteiger charge is 2.29. The third kappa shape index (κ3) is 5.65. The molecule has 1 N–H and O–H groups in total. The molecule has 37 heavy (non-hydrogen) atoms. The van der Waals surface area contributed by atoms with Gasteiger partial charge in [0.1, 0.15) is 5.69 Å². The van der Waals surface area contributed by atoms with Crippen molar-refractivity contribution in [3.05, 3.63) is 107 Å². The number of carbonyl (C=O) groups is 1. The van der Waals surface area contributed by atoms with Crippen LogP contribution in [0.25, 0.3) is 10.9 Å². The van der Waals surface area contributed by atoms with E-state index in [-0.39, 0.29) is 11.8 Å². The van der Waals surface area contributed by atoms with Gasteiger partial charge in [-0.05, 0) is 68.9 Å². The van der Waals surface area contributed by atoms with E-state index in [0.29, 0.717) is 6.54 Å². The molecule has 1 saturated heterocycles. The monoisotopic (exact) mass is 493 g/mol. The van der Waals surface area contributed by atoms with E-state index in [4.69, 9.17) is 0 Å². The predicted molar refractivity (Wildman–Crippen MR) is 153 cm³/mol. The number of hydrogen-bond donors (Lipinski definition) is 1. The lowest BCUT2D eigenvalue weighted by atomic mass is 9.83. The maximum Gasteiger partial charge on any atom is 0.268 e. The lowest BCUT2D eigenvalue weighted by molar-refractivity contribution is 0.0943. The molecule has 3 aromatic carbocycles. The van der Waals surface area contributed by atoms with E-state index in [1.54, 1.807) is 0 Å². The van der Waals surface area contributed by atoms with E-state index in [2.05, 4.69) is 107 Å². The molecule has 0 aliphatic carbocycles. The van der Waals surface area contributed by atoms with Crippen molar-refractivity contribution in [3.8, 4) is 0 Å². The fraction of sp³-hybridized carbons (Fsp3) is 0.364. The number of fused-ring (bicyclic) bond motifs is 1. The quantitative estimate of drug-likeness (QED) is 0.232. The highest BCUT2D eigenvalue weighted by atomic mass is 16.1. The summed E-state index contributed by atoms with van der Waals surface area (Å²) in [6, 6.07) is 29.8. The fourth-order valence-corrected chi connectivity index (χ4v) is 5.85. The second kappa shape index (κ2) is 12.2. The molecule has 1 aromatic heterocycles. The normalized spacial score (nSPS) is 14.0. The van der Waals surface area contributed by atoms with Crippen molar-refractivity contribution in [2.24, 2.45) is 0 Å². The molecule has 0 radical (unpaired) electrons. The molecular weight excluding hydrogens is 454 g/mol. The van der Waals surface area contributed by atoms with Crippen molar-refractivity contribution in [1.29, 1.82) is 0 Å². The number of likely N-dealkylation sites (tertiary alicyclic amines) is 1. The third-order valence-electron chi connectivity index (χ3n) is 7.62. The molecule has 1 amide bonds. The van der Waals surface area contributed by atoms with E-state index < -0.39 is 0 Å². The maximum absolute atomic E-state index is 13.9. The van der Waals surface area contributed by atoms with Gasteiger partial charge in [0.25, 0.3) is 5.91 Å². The van der Waals surface area contributed by atoms with Gasteiger partial charge in [0.05, 0.1) is 0 Å². The van der Waals surface area contributed by atoms with Gasteiger partial charge in [0.2, 0.25) is 0 Å². The van der Waals surface area contributed by atoms with E-state index in [0.717, 1.165) is 49.1 Å².